The number of aromatic nitrogens is 3. The second-order valence-electron chi connectivity index (χ2n) is 3.35. The Kier molecular flexibility index (Phi) is 3.66. The molecule has 0 radical (unpaired) electrons. The Hall–Kier alpha value is -1.95. The maximum Gasteiger partial charge on any atom is 0.224 e. The van der Waals surface area contributed by atoms with Crippen LogP contribution >= 0.6 is 0 Å². The standard InChI is InChI=1S/C11H14N4O2/c1-12-11-13-7-8-3-4-9(14-10(8)15-11)17-6-5-16-2/h3-4,7H,5-6H2,1-2H3,(H,12,13,14,15). The summed E-state index contributed by atoms with van der Waals surface area (Å²) in [5.74, 6) is 1.08. The summed E-state index contributed by atoms with van der Waals surface area (Å²) in [5.41, 5.74) is 0.610. The van der Waals surface area contributed by atoms with E-state index in [4.69, 9.17) is 9.47 Å². The molecule has 17 heavy (non-hydrogen) atoms. The molecule has 0 spiro atoms. The van der Waals surface area contributed by atoms with E-state index in [0.29, 0.717) is 30.7 Å². The van der Waals surface area contributed by atoms with Crippen molar-refractivity contribution >= 4 is 17.0 Å². The van der Waals surface area contributed by atoms with Gasteiger partial charge in [-0.25, -0.2) is 4.98 Å². The van der Waals surface area contributed by atoms with Gasteiger partial charge in [0.15, 0.2) is 5.65 Å². The minimum absolute atomic E-state index is 0.471. The second kappa shape index (κ2) is 5.40. The first kappa shape index (κ1) is 11.5. The first-order chi connectivity index (χ1) is 8.33. The molecule has 0 unspecified atom stereocenters. The SMILES string of the molecule is CNc1ncc2ccc(OCCOC)nc2n1. The molecule has 0 fully saturated rings. The van der Waals surface area contributed by atoms with E-state index in [1.807, 2.05) is 6.07 Å². The summed E-state index contributed by atoms with van der Waals surface area (Å²) in [6.07, 6.45) is 1.72. The van der Waals surface area contributed by atoms with Crippen molar-refractivity contribution in [3.63, 3.8) is 0 Å². The number of ether oxygens (including phenoxy) is 2. The van der Waals surface area contributed by atoms with Crippen LogP contribution in [0.25, 0.3) is 11.0 Å². The summed E-state index contributed by atoms with van der Waals surface area (Å²) in [4.78, 5) is 12.6. The third-order valence-corrected chi connectivity index (χ3v) is 2.18. The van der Waals surface area contributed by atoms with Crippen LogP contribution < -0.4 is 10.1 Å². The zero-order valence-corrected chi connectivity index (χ0v) is 9.80. The van der Waals surface area contributed by atoms with E-state index in [9.17, 15) is 0 Å². The maximum atomic E-state index is 5.41. The van der Waals surface area contributed by atoms with Gasteiger partial charge >= 0.3 is 0 Å². The molecule has 1 N–H and O–H groups in total. The first-order valence-electron chi connectivity index (χ1n) is 5.27. The smallest absolute Gasteiger partial charge is 0.224 e. The fraction of sp³-hybridized carbons (Fsp3) is 0.364. The van der Waals surface area contributed by atoms with Gasteiger partial charge in [0.1, 0.15) is 6.61 Å². The van der Waals surface area contributed by atoms with Crippen molar-refractivity contribution in [2.75, 3.05) is 32.7 Å². The number of pyridine rings is 1. The van der Waals surface area contributed by atoms with Crippen molar-refractivity contribution < 1.29 is 9.47 Å². The van der Waals surface area contributed by atoms with Crippen molar-refractivity contribution in [1.82, 2.24) is 15.0 Å². The van der Waals surface area contributed by atoms with Gasteiger partial charge < -0.3 is 14.8 Å². The van der Waals surface area contributed by atoms with Crippen LogP contribution in [0.3, 0.4) is 0 Å². The van der Waals surface area contributed by atoms with Gasteiger partial charge in [-0.05, 0) is 6.07 Å². The van der Waals surface area contributed by atoms with Crippen LogP contribution in [0.5, 0.6) is 5.88 Å². The van der Waals surface area contributed by atoms with E-state index in [2.05, 4.69) is 20.3 Å². The molecule has 0 saturated carbocycles. The highest BCUT2D eigenvalue weighted by Gasteiger charge is 2.02. The van der Waals surface area contributed by atoms with Gasteiger partial charge in [0, 0.05) is 31.8 Å². The molecule has 2 heterocycles. The number of hydrogen-bond donors (Lipinski definition) is 1. The molecule has 2 rings (SSSR count). The Bertz CT molecular complexity index is 504. The van der Waals surface area contributed by atoms with E-state index in [1.165, 1.54) is 0 Å². The largest absolute Gasteiger partial charge is 0.475 e. The van der Waals surface area contributed by atoms with Gasteiger partial charge in [0.05, 0.1) is 6.61 Å². The highest BCUT2D eigenvalue weighted by Crippen LogP contribution is 2.15. The molecule has 2 aromatic rings. The molecule has 0 amide bonds. The minimum atomic E-state index is 0.471. The van der Waals surface area contributed by atoms with Crippen LogP contribution in [0.2, 0.25) is 0 Å². The number of anilines is 1. The fourth-order valence-corrected chi connectivity index (χ4v) is 1.32. The molecule has 0 aliphatic heterocycles. The van der Waals surface area contributed by atoms with Crippen molar-refractivity contribution in [2.24, 2.45) is 0 Å². The molecule has 0 aliphatic carbocycles. The fourth-order valence-electron chi connectivity index (χ4n) is 1.32. The summed E-state index contributed by atoms with van der Waals surface area (Å²) in [6, 6.07) is 3.67. The molecule has 2 aromatic heterocycles. The number of methoxy groups -OCH3 is 1. The lowest BCUT2D eigenvalue weighted by Gasteiger charge is -2.05. The van der Waals surface area contributed by atoms with Gasteiger partial charge in [0.2, 0.25) is 11.8 Å². The van der Waals surface area contributed by atoms with E-state index in [-0.39, 0.29) is 0 Å². The van der Waals surface area contributed by atoms with Gasteiger partial charge in [-0.15, -0.1) is 0 Å². The van der Waals surface area contributed by atoms with Crippen LogP contribution in [0.4, 0.5) is 5.95 Å². The Morgan fingerprint density at radius 1 is 1.24 bits per heavy atom. The molecule has 0 aromatic carbocycles. The molecule has 6 heteroatoms. The van der Waals surface area contributed by atoms with E-state index in [1.54, 1.807) is 26.4 Å². The lowest BCUT2D eigenvalue weighted by atomic mass is 10.3. The molecular formula is C11H14N4O2. The zero-order chi connectivity index (χ0) is 12.1. The van der Waals surface area contributed by atoms with Crippen molar-refractivity contribution in [3.05, 3.63) is 18.3 Å². The summed E-state index contributed by atoms with van der Waals surface area (Å²) in [7, 11) is 3.39. The second-order valence-corrected chi connectivity index (χ2v) is 3.35. The number of nitrogens with zero attached hydrogens (tertiary/aromatic N) is 3. The average Bonchev–Trinajstić information content (AvgIpc) is 2.38. The molecule has 0 aliphatic rings. The Morgan fingerprint density at radius 2 is 2.12 bits per heavy atom. The minimum Gasteiger partial charge on any atom is -0.475 e. The van der Waals surface area contributed by atoms with Crippen LogP contribution in [-0.4, -0.2) is 42.3 Å². The van der Waals surface area contributed by atoms with Crippen molar-refractivity contribution in [1.29, 1.82) is 0 Å². The monoisotopic (exact) mass is 234 g/mol. The van der Waals surface area contributed by atoms with Gasteiger partial charge in [-0.3, -0.25) is 0 Å². The molecule has 0 atom stereocenters. The third-order valence-electron chi connectivity index (χ3n) is 2.18. The number of rotatable bonds is 5. The van der Waals surface area contributed by atoms with E-state index in [0.717, 1.165) is 5.39 Å². The summed E-state index contributed by atoms with van der Waals surface area (Å²) < 4.78 is 10.3. The summed E-state index contributed by atoms with van der Waals surface area (Å²) >= 11 is 0. The summed E-state index contributed by atoms with van der Waals surface area (Å²) in [5, 5.41) is 3.75. The number of nitrogens with one attached hydrogen (secondary N) is 1. The molecule has 6 nitrogen and oxygen atoms in total. The first-order valence-corrected chi connectivity index (χ1v) is 5.27. The highest BCUT2D eigenvalue weighted by atomic mass is 16.5. The lowest BCUT2D eigenvalue weighted by Crippen LogP contribution is -2.05. The maximum absolute atomic E-state index is 5.41. The number of fused-ring (bicyclic) bond motifs is 1. The van der Waals surface area contributed by atoms with E-state index >= 15 is 0 Å². The average molecular weight is 234 g/mol. The Balaban J connectivity index is 2.22. The quantitative estimate of drug-likeness (QED) is 0.781. The Morgan fingerprint density at radius 3 is 2.88 bits per heavy atom. The van der Waals surface area contributed by atoms with Gasteiger partial charge in [-0.2, -0.15) is 9.97 Å². The highest BCUT2D eigenvalue weighted by molar-refractivity contribution is 5.75. The van der Waals surface area contributed by atoms with Gasteiger partial charge in [-0.1, -0.05) is 0 Å². The lowest BCUT2D eigenvalue weighted by molar-refractivity contribution is 0.144. The van der Waals surface area contributed by atoms with Crippen molar-refractivity contribution in [2.45, 2.75) is 0 Å². The van der Waals surface area contributed by atoms with Crippen LogP contribution in [0.15, 0.2) is 18.3 Å². The molecular weight excluding hydrogens is 220 g/mol. The topological polar surface area (TPSA) is 69.2 Å². The van der Waals surface area contributed by atoms with Crippen LogP contribution in [0, 0.1) is 0 Å². The van der Waals surface area contributed by atoms with Crippen molar-refractivity contribution in [3.8, 4) is 5.88 Å². The normalized spacial score (nSPS) is 10.5. The number of hydrogen-bond acceptors (Lipinski definition) is 6. The summed E-state index contributed by atoms with van der Waals surface area (Å²) in [6.45, 7) is 1.00. The molecule has 0 bridgehead atoms. The van der Waals surface area contributed by atoms with Crippen LogP contribution in [0.1, 0.15) is 0 Å². The zero-order valence-electron chi connectivity index (χ0n) is 9.80. The molecule has 90 valence electrons. The van der Waals surface area contributed by atoms with Gasteiger partial charge in [0.25, 0.3) is 0 Å². The van der Waals surface area contributed by atoms with Crippen LogP contribution in [-0.2, 0) is 4.74 Å². The third kappa shape index (κ3) is 2.79. The molecule has 0 saturated heterocycles. The predicted molar refractivity (Wildman–Crippen MR) is 64.3 cm³/mol. The Labute approximate surface area is 99.0 Å². The van der Waals surface area contributed by atoms with E-state index < -0.39 is 0 Å². The predicted octanol–water partition coefficient (Wildman–Crippen LogP) is 1.09.